The Morgan fingerprint density at radius 2 is 1.90 bits per heavy atom. The topological polar surface area (TPSA) is 38.7 Å². The molecule has 0 aromatic carbocycles. The molecular weight excluding hydrogens is 262 g/mol. The highest BCUT2D eigenvalue weighted by molar-refractivity contribution is 4.87. The van der Waals surface area contributed by atoms with Crippen molar-refractivity contribution in [1.29, 1.82) is 0 Å². The summed E-state index contributed by atoms with van der Waals surface area (Å²) in [6.45, 7) is 12.8. The van der Waals surface area contributed by atoms with Gasteiger partial charge in [-0.1, -0.05) is 20.8 Å². The van der Waals surface area contributed by atoms with Crippen molar-refractivity contribution in [2.45, 2.75) is 64.5 Å². The lowest BCUT2D eigenvalue weighted by molar-refractivity contribution is 0.131. The molecule has 4 nitrogen and oxygen atoms in total. The SMILES string of the molecule is CCC(CO)(CCCN(C)CCN1CCCC1)NC(C)C. The van der Waals surface area contributed by atoms with E-state index in [1.54, 1.807) is 0 Å². The quantitative estimate of drug-likeness (QED) is 0.611. The predicted molar refractivity (Wildman–Crippen MR) is 90.8 cm³/mol. The number of rotatable bonds is 11. The number of hydrogen-bond donors (Lipinski definition) is 2. The number of nitrogens with zero attached hydrogens (tertiary/aromatic N) is 2. The van der Waals surface area contributed by atoms with Crippen LogP contribution in [0.4, 0.5) is 0 Å². The molecule has 0 aromatic rings. The zero-order valence-corrected chi connectivity index (χ0v) is 14.7. The van der Waals surface area contributed by atoms with E-state index in [0.29, 0.717) is 6.04 Å². The third kappa shape index (κ3) is 7.09. The van der Waals surface area contributed by atoms with Crippen LogP contribution in [0.3, 0.4) is 0 Å². The molecule has 1 fully saturated rings. The minimum Gasteiger partial charge on any atom is -0.394 e. The summed E-state index contributed by atoms with van der Waals surface area (Å²) in [7, 11) is 2.22. The molecule has 0 amide bonds. The number of likely N-dealkylation sites (N-methyl/N-ethyl adjacent to an activating group) is 1. The third-order valence-corrected chi connectivity index (χ3v) is 4.77. The Bertz CT molecular complexity index is 261. The van der Waals surface area contributed by atoms with E-state index in [9.17, 15) is 5.11 Å². The molecule has 0 aliphatic carbocycles. The maximum atomic E-state index is 9.75. The van der Waals surface area contributed by atoms with E-state index in [2.05, 4.69) is 42.9 Å². The van der Waals surface area contributed by atoms with Crippen LogP contribution in [0.5, 0.6) is 0 Å². The van der Waals surface area contributed by atoms with Gasteiger partial charge in [-0.05, 0) is 58.8 Å². The zero-order chi connectivity index (χ0) is 15.7. The Kier molecular flexibility index (Phi) is 8.79. The second kappa shape index (κ2) is 9.78. The van der Waals surface area contributed by atoms with Gasteiger partial charge in [0.1, 0.15) is 0 Å². The first-order valence-electron chi connectivity index (χ1n) is 8.81. The van der Waals surface area contributed by atoms with E-state index in [1.807, 2.05) is 0 Å². The van der Waals surface area contributed by atoms with Crippen molar-refractivity contribution in [3.05, 3.63) is 0 Å². The predicted octanol–water partition coefficient (Wildman–Crippen LogP) is 1.93. The Morgan fingerprint density at radius 1 is 1.24 bits per heavy atom. The third-order valence-electron chi connectivity index (χ3n) is 4.77. The maximum absolute atomic E-state index is 9.75. The molecule has 1 saturated heterocycles. The molecule has 0 spiro atoms. The molecule has 1 aliphatic heterocycles. The van der Waals surface area contributed by atoms with Gasteiger partial charge in [0.25, 0.3) is 0 Å². The minimum atomic E-state index is -0.0933. The second-order valence-electron chi connectivity index (χ2n) is 7.05. The fourth-order valence-electron chi connectivity index (χ4n) is 3.32. The molecule has 0 bridgehead atoms. The van der Waals surface area contributed by atoms with Crippen LogP contribution in [0.2, 0.25) is 0 Å². The van der Waals surface area contributed by atoms with Crippen LogP contribution < -0.4 is 5.32 Å². The highest BCUT2D eigenvalue weighted by Crippen LogP contribution is 2.18. The first-order chi connectivity index (χ1) is 10.0. The highest BCUT2D eigenvalue weighted by atomic mass is 16.3. The summed E-state index contributed by atoms with van der Waals surface area (Å²) >= 11 is 0. The summed E-state index contributed by atoms with van der Waals surface area (Å²) in [4.78, 5) is 5.01. The monoisotopic (exact) mass is 299 g/mol. The molecule has 0 radical (unpaired) electrons. The number of nitrogens with one attached hydrogen (secondary N) is 1. The summed E-state index contributed by atoms with van der Waals surface area (Å²) in [5, 5.41) is 13.3. The zero-order valence-electron chi connectivity index (χ0n) is 14.7. The lowest BCUT2D eigenvalue weighted by Crippen LogP contribution is -2.51. The van der Waals surface area contributed by atoms with Gasteiger partial charge in [-0.2, -0.15) is 0 Å². The lowest BCUT2D eigenvalue weighted by Gasteiger charge is -2.35. The first-order valence-corrected chi connectivity index (χ1v) is 8.81. The largest absolute Gasteiger partial charge is 0.394 e. The molecule has 21 heavy (non-hydrogen) atoms. The van der Waals surface area contributed by atoms with Crippen molar-refractivity contribution in [2.24, 2.45) is 0 Å². The minimum absolute atomic E-state index is 0.0933. The van der Waals surface area contributed by atoms with Gasteiger partial charge in [0.15, 0.2) is 0 Å². The van der Waals surface area contributed by atoms with Gasteiger partial charge in [0.2, 0.25) is 0 Å². The normalized spacial score (nSPS) is 19.6. The van der Waals surface area contributed by atoms with Gasteiger partial charge in [-0.3, -0.25) is 0 Å². The number of likely N-dealkylation sites (tertiary alicyclic amines) is 1. The van der Waals surface area contributed by atoms with E-state index in [-0.39, 0.29) is 12.1 Å². The summed E-state index contributed by atoms with van der Waals surface area (Å²) in [6.07, 6.45) is 5.93. The van der Waals surface area contributed by atoms with Crippen LogP contribution >= 0.6 is 0 Å². The van der Waals surface area contributed by atoms with Crippen molar-refractivity contribution in [2.75, 3.05) is 46.4 Å². The molecular formula is C17H37N3O. The molecule has 1 heterocycles. The van der Waals surface area contributed by atoms with Crippen LogP contribution in [0.1, 0.15) is 52.9 Å². The number of aliphatic hydroxyl groups excluding tert-OH is 1. The second-order valence-corrected chi connectivity index (χ2v) is 7.05. The average Bonchev–Trinajstić information content (AvgIpc) is 2.97. The molecule has 1 unspecified atom stereocenters. The van der Waals surface area contributed by atoms with Gasteiger partial charge < -0.3 is 20.2 Å². The van der Waals surface area contributed by atoms with E-state index < -0.39 is 0 Å². The van der Waals surface area contributed by atoms with Crippen LogP contribution in [-0.2, 0) is 0 Å². The molecule has 126 valence electrons. The lowest BCUT2D eigenvalue weighted by atomic mass is 9.90. The van der Waals surface area contributed by atoms with E-state index >= 15 is 0 Å². The highest BCUT2D eigenvalue weighted by Gasteiger charge is 2.27. The maximum Gasteiger partial charge on any atom is 0.0613 e. The fourth-order valence-corrected chi connectivity index (χ4v) is 3.32. The standard InChI is InChI=1S/C17H37N3O/c1-5-17(15-21,18-16(2)3)9-8-10-19(4)13-14-20-11-6-7-12-20/h16,18,21H,5-15H2,1-4H3. The molecule has 0 aromatic heterocycles. The van der Waals surface area contributed by atoms with Crippen LogP contribution in [0, 0.1) is 0 Å². The van der Waals surface area contributed by atoms with Gasteiger partial charge in [0.05, 0.1) is 6.61 Å². The molecule has 1 rings (SSSR count). The van der Waals surface area contributed by atoms with E-state index in [4.69, 9.17) is 0 Å². The van der Waals surface area contributed by atoms with Gasteiger partial charge in [-0.15, -0.1) is 0 Å². The molecule has 1 atom stereocenters. The molecule has 1 aliphatic rings. The van der Waals surface area contributed by atoms with Gasteiger partial charge >= 0.3 is 0 Å². The smallest absolute Gasteiger partial charge is 0.0613 e. The Morgan fingerprint density at radius 3 is 2.43 bits per heavy atom. The van der Waals surface area contributed by atoms with Gasteiger partial charge in [0, 0.05) is 24.7 Å². The van der Waals surface area contributed by atoms with Crippen LogP contribution in [0.25, 0.3) is 0 Å². The summed E-state index contributed by atoms with van der Waals surface area (Å²) in [5.74, 6) is 0. The van der Waals surface area contributed by atoms with Crippen LogP contribution in [-0.4, -0.2) is 72.9 Å². The van der Waals surface area contributed by atoms with Crippen molar-refractivity contribution < 1.29 is 5.11 Å². The van der Waals surface area contributed by atoms with Crippen LogP contribution in [0.15, 0.2) is 0 Å². The Labute approximate surface area is 131 Å². The molecule has 4 heteroatoms. The first kappa shape index (κ1) is 18.9. The van der Waals surface area contributed by atoms with E-state index in [1.165, 1.54) is 32.5 Å². The van der Waals surface area contributed by atoms with Crippen molar-refractivity contribution >= 4 is 0 Å². The van der Waals surface area contributed by atoms with E-state index in [0.717, 1.165) is 32.4 Å². The fraction of sp³-hybridized carbons (Fsp3) is 1.00. The summed E-state index contributed by atoms with van der Waals surface area (Å²) in [6, 6.07) is 0.421. The number of hydrogen-bond acceptors (Lipinski definition) is 4. The molecule has 2 N–H and O–H groups in total. The van der Waals surface area contributed by atoms with Crippen molar-refractivity contribution in [1.82, 2.24) is 15.1 Å². The Balaban J connectivity index is 2.22. The summed E-state index contributed by atoms with van der Waals surface area (Å²) < 4.78 is 0. The van der Waals surface area contributed by atoms with Gasteiger partial charge in [-0.25, -0.2) is 0 Å². The number of aliphatic hydroxyl groups is 1. The molecule has 0 saturated carbocycles. The average molecular weight is 300 g/mol. The van der Waals surface area contributed by atoms with Crippen molar-refractivity contribution in [3.63, 3.8) is 0 Å². The summed E-state index contributed by atoms with van der Waals surface area (Å²) in [5.41, 5.74) is -0.0933. The Hall–Kier alpha value is -0.160. The van der Waals surface area contributed by atoms with Crippen molar-refractivity contribution in [3.8, 4) is 0 Å².